The first-order chi connectivity index (χ1) is 9.39. The van der Waals surface area contributed by atoms with Gasteiger partial charge in [0.05, 0.1) is 10.6 Å². The van der Waals surface area contributed by atoms with Crippen LogP contribution < -0.4 is 16.8 Å². The summed E-state index contributed by atoms with van der Waals surface area (Å²) < 4.78 is 0. The van der Waals surface area contributed by atoms with E-state index in [2.05, 4.69) is 5.32 Å². The fourth-order valence-corrected chi connectivity index (χ4v) is 2.78. The molecule has 0 saturated heterocycles. The molecule has 1 aliphatic rings. The Hall–Kier alpha value is -1.59. The zero-order valence-corrected chi connectivity index (χ0v) is 11.9. The van der Waals surface area contributed by atoms with Gasteiger partial charge in [-0.2, -0.15) is 0 Å². The lowest BCUT2D eigenvalue weighted by Crippen LogP contribution is -2.40. The van der Waals surface area contributed by atoms with Crippen LogP contribution in [0.3, 0.4) is 0 Å². The van der Waals surface area contributed by atoms with Gasteiger partial charge in [-0.05, 0) is 31.0 Å². The molecule has 0 radical (unpaired) electrons. The molecule has 0 aliphatic heterocycles. The summed E-state index contributed by atoms with van der Waals surface area (Å²) in [6, 6.07) is 4.63. The Morgan fingerprint density at radius 2 is 1.95 bits per heavy atom. The summed E-state index contributed by atoms with van der Waals surface area (Å²) in [4.78, 5) is 23.2. The standard InChI is InChI=1S/C14H18ClN3O2/c15-11-4-3-9(7-10(11)13(16)20)18-12(19)8-14(17)5-1-2-6-14/h3-4,7H,1-2,5-6,8,17H2,(H2,16,20)(H,18,19). The third-order valence-electron chi connectivity index (χ3n) is 3.63. The predicted molar refractivity (Wildman–Crippen MR) is 78.6 cm³/mol. The van der Waals surface area contributed by atoms with Crippen LogP contribution in [0.4, 0.5) is 5.69 Å². The van der Waals surface area contributed by atoms with E-state index in [0.29, 0.717) is 5.69 Å². The SMILES string of the molecule is NC(=O)c1cc(NC(=O)CC2(N)CCCC2)ccc1Cl. The molecule has 5 nitrogen and oxygen atoms in total. The van der Waals surface area contributed by atoms with Gasteiger partial charge < -0.3 is 16.8 Å². The summed E-state index contributed by atoms with van der Waals surface area (Å²) in [6.07, 6.45) is 4.15. The van der Waals surface area contributed by atoms with Crippen molar-refractivity contribution in [3.05, 3.63) is 28.8 Å². The van der Waals surface area contributed by atoms with Crippen LogP contribution in [0.5, 0.6) is 0 Å². The molecule has 0 unspecified atom stereocenters. The van der Waals surface area contributed by atoms with Crippen molar-refractivity contribution < 1.29 is 9.59 Å². The van der Waals surface area contributed by atoms with Crippen LogP contribution in [-0.2, 0) is 4.79 Å². The van der Waals surface area contributed by atoms with Gasteiger partial charge in [0.1, 0.15) is 0 Å². The molecule has 0 aromatic heterocycles. The van der Waals surface area contributed by atoms with Crippen molar-refractivity contribution in [3.8, 4) is 0 Å². The number of hydrogen-bond acceptors (Lipinski definition) is 3. The smallest absolute Gasteiger partial charge is 0.250 e. The Balaban J connectivity index is 2.04. The topological polar surface area (TPSA) is 98.2 Å². The van der Waals surface area contributed by atoms with Crippen molar-refractivity contribution in [1.29, 1.82) is 0 Å². The number of amides is 2. The Kier molecular flexibility index (Phi) is 4.30. The highest BCUT2D eigenvalue weighted by molar-refractivity contribution is 6.33. The van der Waals surface area contributed by atoms with Gasteiger partial charge in [0, 0.05) is 17.6 Å². The first-order valence-corrected chi connectivity index (χ1v) is 6.95. The van der Waals surface area contributed by atoms with Gasteiger partial charge >= 0.3 is 0 Å². The molecular weight excluding hydrogens is 278 g/mol. The molecule has 0 heterocycles. The maximum atomic E-state index is 12.0. The van der Waals surface area contributed by atoms with E-state index >= 15 is 0 Å². The molecule has 6 heteroatoms. The maximum absolute atomic E-state index is 12.0. The van der Waals surface area contributed by atoms with Crippen molar-refractivity contribution in [2.45, 2.75) is 37.6 Å². The molecule has 20 heavy (non-hydrogen) atoms. The Morgan fingerprint density at radius 3 is 2.55 bits per heavy atom. The molecule has 1 aromatic carbocycles. The van der Waals surface area contributed by atoms with Crippen LogP contribution in [0.15, 0.2) is 18.2 Å². The van der Waals surface area contributed by atoms with Crippen LogP contribution in [0.1, 0.15) is 42.5 Å². The van der Waals surface area contributed by atoms with Gasteiger partial charge in [0.2, 0.25) is 11.8 Å². The molecule has 0 spiro atoms. The number of benzene rings is 1. The highest BCUT2D eigenvalue weighted by Crippen LogP contribution is 2.30. The Bertz CT molecular complexity index is 539. The van der Waals surface area contributed by atoms with Crippen molar-refractivity contribution >= 4 is 29.1 Å². The number of nitrogens with two attached hydrogens (primary N) is 2. The quantitative estimate of drug-likeness (QED) is 0.792. The van der Waals surface area contributed by atoms with E-state index in [-0.39, 0.29) is 22.9 Å². The average molecular weight is 296 g/mol. The second-order valence-electron chi connectivity index (χ2n) is 5.35. The van der Waals surface area contributed by atoms with Crippen molar-refractivity contribution in [1.82, 2.24) is 0 Å². The van der Waals surface area contributed by atoms with Crippen LogP contribution in [0.25, 0.3) is 0 Å². The predicted octanol–water partition coefficient (Wildman–Crippen LogP) is 2.04. The van der Waals surface area contributed by atoms with E-state index in [1.807, 2.05) is 0 Å². The average Bonchev–Trinajstić information content (AvgIpc) is 2.77. The Morgan fingerprint density at radius 1 is 1.30 bits per heavy atom. The summed E-state index contributed by atoms with van der Waals surface area (Å²) in [5.41, 5.74) is 11.7. The molecule has 1 saturated carbocycles. The lowest BCUT2D eigenvalue weighted by atomic mass is 9.94. The number of carbonyl (C=O) groups is 2. The number of primary amides is 1. The van der Waals surface area contributed by atoms with Crippen molar-refractivity contribution in [2.75, 3.05) is 5.32 Å². The van der Waals surface area contributed by atoms with E-state index in [9.17, 15) is 9.59 Å². The molecule has 1 aliphatic carbocycles. The van der Waals surface area contributed by atoms with Gasteiger partial charge in [0.25, 0.3) is 0 Å². The summed E-state index contributed by atoms with van der Waals surface area (Å²) in [5, 5.41) is 3.00. The molecule has 5 N–H and O–H groups in total. The number of rotatable bonds is 4. The Labute approximate surface area is 122 Å². The van der Waals surface area contributed by atoms with Gasteiger partial charge in [0.15, 0.2) is 0 Å². The van der Waals surface area contributed by atoms with E-state index in [1.54, 1.807) is 6.07 Å². The summed E-state index contributed by atoms with van der Waals surface area (Å²) in [5.74, 6) is -0.788. The van der Waals surface area contributed by atoms with E-state index in [0.717, 1.165) is 25.7 Å². The third kappa shape index (κ3) is 3.49. The molecule has 108 valence electrons. The molecule has 1 fully saturated rings. The summed E-state index contributed by atoms with van der Waals surface area (Å²) in [6.45, 7) is 0. The lowest BCUT2D eigenvalue weighted by Gasteiger charge is -2.22. The van der Waals surface area contributed by atoms with Crippen LogP contribution in [0.2, 0.25) is 5.02 Å². The molecule has 0 atom stereocenters. The fraction of sp³-hybridized carbons (Fsp3) is 0.429. The fourth-order valence-electron chi connectivity index (χ4n) is 2.57. The van der Waals surface area contributed by atoms with Crippen LogP contribution >= 0.6 is 11.6 Å². The monoisotopic (exact) mass is 295 g/mol. The van der Waals surface area contributed by atoms with Gasteiger partial charge in [-0.15, -0.1) is 0 Å². The largest absolute Gasteiger partial charge is 0.366 e. The second kappa shape index (κ2) is 5.81. The van der Waals surface area contributed by atoms with Gasteiger partial charge in [-0.3, -0.25) is 9.59 Å². The summed E-state index contributed by atoms with van der Waals surface area (Å²) >= 11 is 5.85. The second-order valence-corrected chi connectivity index (χ2v) is 5.76. The van der Waals surface area contributed by atoms with Gasteiger partial charge in [-0.25, -0.2) is 0 Å². The van der Waals surface area contributed by atoms with Crippen LogP contribution in [-0.4, -0.2) is 17.4 Å². The first-order valence-electron chi connectivity index (χ1n) is 6.58. The number of anilines is 1. The maximum Gasteiger partial charge on any atom is 0.250 e. The van der Waals surface area contributed by atoms with E-state index in [1.165, 1.54) is 12.1 Å². The zero-order chi connectivity index (χ0) is 14.8. The van der Waals surface area contributed by atoms with Crippen LogP contribution in [0, 0.1) is 0 Å². The molecule has 2 amide bonds. The van der Waals surface area contributed by atoms with Crippen molar-refractivity contribution in [3.63, 3.8) is 0 Å². The minimum Gasteiger partial charge on any atom is -0.366 e. The number of halogens is 1. The summed E-state index contributed by atoms with van der Waals surface area (Å²) in [7, 11) is 0. The molecular formula is C14H18ClN3O2. The van der Waals surface area contributed by atoms with Gasteiger partial charge in [-0.1, -0.05) is 24.4 Å². The minimum atomic E-state index is -0.628. The number of nitrogens with one attached hydrogen (secondary N) is 1. The third-order valence-corrected chi connectivity index (χ3v) is 3.96. The highest BCUT2D eigenvalue weighted by Gasteiger charge is 2.31. The molecule has 0 bridgehead atoms. The molecule has 1 aromatic rings. The van der Waals surface area contributed by atoms with E-state index < -0.39 is 11.4 Å². The zero-order valence-electron chi connectivity index (χ0n) is 11.1. The lowest BCUT2D eigenvalue weighted by molar-refractivity contribution is -0.117. The normalized spacial score (nSPS) is 16.9. The van der Waals surface area contributed by atoms with E-state index in [4.69, 9.17) is 23.1 Å². The minimum absolute atomic E-state index is 0.160. The number of carbonyl (C=O) groups excluding carboxylic acids is 2. The first kappa shape index (κ1) is 14.8. The van der Waals surface area contributed by atoms with Crippen molar-refractivity contribution in [2.24, 2.45) is 11.5 Å². The highest BCUT2D eigenvalue weighted by atomic mass is 35.5. The number of hydrogen-bond donors (Lipinski definition) is 3. The molecule has 2 rings (SSSR count).